The molecule has 1 rings (SSSR count). The monoisotopic (exact) mass is 262 g/mol. The molecule has 0 saturated carbocycles. The number of hydrogen-bond donors (Lipinski definition) is 3. The zero-order valence-electron chi connectivity index (χ0n) is 10.6. The Labute approximate surface area is 112 Å². The van der Waals surface area contributed by atoms with E-state index >= 15 is 0 Å². The number of hydrogen-bond acceptors (Lipinski definition) is 2. The first kappa shape index (κ1) is 14.8. The lowest BCUT2D eigenvalue weighted by Gasteiger charge is -2.14. The average molecular weight is 262 g/mol. The molecule has 0 bridgehead atoms. The van der Waals surface area contributed by atoms with Gasteiger partial charge < -0.3 is 15.7 Å². The van der Waals surface area contributed by atoms with Gasteiger partial charge in [-0.2, -0.15) is 0 Å². The highest BCUT2D eigenvalue weighted by Gasteiger charge is 2.20. The van der Waals surface area contributed by atoms with Gasteiger partial charge in [-0.3, -0.25) is 4.79 Å². The van der Waals surface area contributed by atoms with Crippen molar-refractivity contribution in [1.82, 2.24) is 10.6 Å². The average Bonchev–Trinajstić information content (AvgIpc) is 2.40. The number of carbonyl (C=O) groups is 2. The number of urea groups is 1. The highest BCUT2D eigenvalue weighted by atomic mass is 16.4. The van der Waals surface area contributed by atoms with Crippen molar-refractivity contribution in [2.24, 2.45) is 0 Å². The van der Waals surface area contributed by atoms with Crippen LogP contribution in [-0.4, -0.2) is 30.2 Å². The lowest BCUT2D eigenvalue weighted by Crippen LogP contribution is -2.39. The number of carbonyl (C=O) groups excluding carboxylic acids is 1. The molecule has 0 spiro atoms. The number of nitrogens with one attached hydrogen (secondary N) is 2. The third kappa shape index (κ3) is 5.25. The molecule has 0 aromatic heterocycles. The molecule has 102 valence electrons. The first-order valence-corrected chi connectivity index (χ1v) is 6.05. The van der Waals surface area contributed by atoms with Crippen LogP contribution >= 0.6 is 0 Å². The Kier molecular flexibility index (Phi) is 6.15. The molecule has 0 fully saturated rings. The maximum atomic E-state index is 11.4. The summed E-state index contributed by atoms with van der Waals surface area (Å²) in [6.07, 6.45) is 2.37. The minimum absolute atomic E-state index is 0.0548. The SMILES string of the molecule is C=CCCNC(=O)NCC(C(=O)O)c1ccccc1. The number of carboxylic acid groups (broad SMARTS) is 1. The molecule has 1 atom stereocenters. The lowest BCUT2D eigenvalue weighted by atomic mass is 9.99. The largest absolute Gasteiger partial charge is 0.481 e. The van der Waals surface area contributed by atoms with Gasteiger partial charge >= 0.3 is 12.0 Å². The smallest absolute Gasteiger partial charge is 0.314 e. The Balaban J connectivity index is 2.49. The molecule has 5 heteroatoms. The maximum absolute atomic E-state index is 11.4. The van der Waals surface area contributed by atoms with Gasteiger partial charge in [0.05, 0.1) is 5.92 Å². The zero-order chi connectivity index (χ0) is 14.1. The van der Waals surface area contributed by atoms with E-state index in [0.29, 0.717) is 18.5 Å². The summed E-state index contributed by atoms with van der Waals surface area (Å²) in [4.78, 5) is 22.6. The Bertz CT molecular complexity index is 432. The molecule has 3 N–H and O–H groups in total. The molecule has 0 aliphatic rings. The van der Waals surface area contributed by atoms with Crippen molar-refractivity contribution in [2.45, 2.75) is 12.3 Å². The predicted octanol–water partition coefficient (Wildman–Crippen LogP) is 1.73. The predicted molar refractivity (Wildman–Crippen MR) is 73.0 cm³/mol. The molecule has 19 heavy (non-hydrogen) atoms. The second kappa shape index (κ2) is 7.92. The van der Waals surface area contributed by atoms with Crippen LogP contribution in [0.25, 0.3) is 0 Å². The summed E-state index contributed by atoms with van der Waals surface area (Å²) in [7, 11) is 0. The van der Waals surface area contributed by atoms with Gasteiger partial charge in [-0.25, -0.2) is 4.79 Å². The normalized spacial score (nSPS) is 11.4. The summed E-state index contributed by atoms with van der Waals surface area (Å²) in [5.74, 6) is -1.70. The van der Waals surface area contributed by atoms with E-state index < -0.39 is 11.9 Å². The van der Waals surface area contributed by atoms with Crippen molar-refractivity contribution in [3.63, 3.8) is 0 Å². The van der Waals surface area contributed by atoms with E-state index in [1.807, 2.05) is 6.07 Å². The molecule has 1 aromatic carbocycles. The van der Waals surface area contributed by atoms with E-state index in [0.717, 1.165) is 0 Å². The lowest BCUT2D eigenvalue weighted by molar-refractivity contribution is -0.138. The first-order chi connectivity index (χ1) is 9.15. The van der Waals surface area contributed by atoms with E-state index in [1.54, 1.807) is 30.3 Å². The van der Waals surface area contributed by atoms with Crippen LogP contribution in [0.2, 0.25) is 0 Å². The Morgan fingerprint density at radius 3 is 2.53 bits per heavy atom. The molecule has 1 unspecified atom stereocenters. The van der Waals surface area contributed by atoms with E-state index in [4.69, 9.17) is 5.11 Å². The van der Waals surface area contributed by atoms with E-state index in [2.05, 4.69) is 17.2 Å². The molecule has 0 radical (unpaired) electrons. The standard InChI is InChI=1S/C14H18N2O3/c1-2-3-9-15-14(19)16-10-12(13(17)18)11-7-5-4-6-8-11/h2,4-8,12H,1,3,9-10H2,(H,17,18)(H2,15,16,19). The summed E-state index contributed by atoms with van der Waals surface area (Å²) in [6, 6.07) is 8.46. The highest BCUT2D eigenvalue weighted by molar-refractivity contribution is 5.79. The second-order valence-corrected chi connectivity index (χ2v) is 4.02. The number of rotatable bonds is 7. The molecular formula is C14H18N2O3. The summed E-state index contributed by atoms with van der Waals surface area (Å²) < 4.78 is 0. The van der Waals surface area contributed by atoms with E-state index in [-0.39, 0.29) is 12.6 Å². The molecule has 2 amide bonds. The molecular weight excluding hydrogens is 244 g/mol. The first-order valence-electron chi connectivity index (χ1n) is 6.05. The molecule has 0 aliphatic carbocycles. The minimum Gasteiger partial charge on any atom is -0.481 e. The van der Waals surface area contributed by atoms with Gasteiger partial charge in [-0.1, -0.05) is 36.4 Å². The van der Waals surface area contributed by atoms with Crippen molar-refractivity contribution in [3.05, 3.63) is 48.6 Å². The van der Waals surface area contributed by atoms with Crippen LogP contribution in [0, 0.1) is 0 Å². The van der Waals surface area contributed by atoms with Crippen LogP contribution in [-0.2, 0) is 4.79 Å². The zero-order valence-corrected chi connectivity index (χ0v) is 10.6. The van der Waals surface area contributed by atoms with E-state index in [9.17, 15) is 9.59 Å². The van der Waals surface area contributed by atoms with Crippen LogP contribution < -0.4 is 10.6 Å². The van der Waals surface area contributed by atoms with Gasteiger partial charge in [-0.15, -0.1) is 6.58 Å². The van der Waals surface area contributed by atoms with Gasteiger partial charge in [0.15, 0.2) is 0 Å². The van der Waals surface area contributed by atoms with Crippen molar-refractivity contribution in [1.29, 1.82) is 0 Å². The molecule has 1 aromatic rings. The van der Waals surface area contributed by atoms with Crippen LogP contribution in [0.15, 0.2) is 43.0 Å². The third-order valence-corrected chi connectivity index (χ3v) is 2.60. The molecule has 5 nitrogen and oxygen atoms in total. The summed E-state index contributed by atoms with van der Waals surface area (Å²) in [5, 5.41) is 14.3. The topological polar surface area (TPSA) is 78.4 Å². The Morgan fingerprint density at radius 2 is 1.95 bits per heavy atom. The van der Waals surface area contributed by atoms with Gasteiger partial charge in [-0.05, 0) is 12.0 Å². The Hall–Kier alpha value is -2.30. The fraction of sp³-hybridized carbons (Fsp3) is 0.286. The summed E-state index contributed by atoms with van der Waals surface area (Å²) >= 11 is 0. The van der Waals surface area contributed by atoms with Crippen molar-refractivity contribution in [3.8, 4) is 0 Å². The number of amides is 2. The van der Waals surface area contributed by atoms with Crippen LogP contribution in [0.4, 0.5) is 4.79 Å². The third-order valence-electron chi connectivity index (χ3n) is 2.60. The van der Waals surface area contributed by atoms with Gasteiger partial charge in [0.25, 0.3) is 0 Å². The van der Waals surface area contributed by atoms with Crippen LogP contribution in [0.3, 0.4) is 0 Å². The highest BCUT2D eigenvalue weighted by Crippen LogP contribution is 2.14. The molecule has 0 heterocycles. The fourth-order valence-electron chi connectivity index (χ4n) is 1.58. The maximum Gasteiger partial charge on any atom is 0.314 e. The van der Waals surface area contributed by atoms with Crippen molar-refractivity contribution >= 4 is 12.0 Å². The van der Waals surface area contributed by atoms with Crippen LogP contribution in [0.5, 0.6) is 0 Å². The van der Waals surface area contributed by atoms with Crippen molar-refractivity contribution in [2.75, 3.05) is 13.1 Å². The minimum atomic E-state index is -0.961. The van der Waals surface area contributed by atoms with Gasteiger partial charge in [0, 0.05) is 13.1 Å². The molecule has 0 saturated heterocycles. The Morgan fingerprint density at radius 1 is 1.26 bits per heavy atom. The number of aliphatic carboxylic acids is 1. The summed E-state index contributed by atoms with van der Waals surface area (Å²) in [6.45, 7) is 4.08. The van der Waals surface area contributed by atoms with Gasteiger partial charge in [0.1, 0.15) is 0 Å². The summed E-state index contributed by atoms with van der Waals surface area (Å²) in [5.41, 5.74) is 0.668. The number of benzene rings is 1. The van der Waals surface area contributed by atoms with Gasteiger partial charge in [0.2, 0.25) is 0 Å². The number of carboxylic acids is 1. The fourth-order valence-corrected chi connectivity index (χ4v) is 1.58. The van der Waals surface area contributed by atoms with Crippen molar-refractivity contribution < 1.29 is 14.7 Å². The second-order valence-electron chi connectivity index (χ2n) is 4.02. The van der Waals surface area contributed by atoms with E-state index in [1.165, 1.54) is 0 Å². The quantitative estimate of drug-likeness (QED) is 0.517. The molecule has 0 aliphatic heterocycles. The van der Waals surface area contributed by atoms with Crippen LogP contribution in [0.1, 0.15) is 17.9 Å².